The fourth-order valence-corrected chi connectivity index (χ4v) is 2.18. The van der Waals surface area contributed by atoms with Crippen molar-refractivity contribution >= 4 is 6.08 Å². The average Bonchev–Trinajstić information content (AvgIpc) is 2.30. The highest BCUT2D eigenvalue weighted by Gasteiger charge is 2.15. The first-order valence-corrected chi connectivity index (χ1v) is 6.07. The molecule has 0 aliphatic carbocycles. The van der Waals surface area contributed by atoms with E-state index in [-0.39, 0.29) is 0 Å². The van der Waals surface area contributed by atoms with Gasteiger partial charge >= 0.3 is 0 Å². The van der Waals surface area contributed by atoms with Crippen LogP contribution in [0.3, 0.4) is 0 Å². The van der Waals surface area contributed by atoms with Crippen LogP contribution in [-0.4, -0.2) is 18.1 Å². The molecule has 0 bridgehead atoms. The molecule has 2 rings (SSSR count). The van der Waals surface area contributed by atoms with Gasteiger partial charge in [-0.2, -0.15) is 0 Å². The highest BCUT2D eigenvalue weighted by molar-refractivity contribution is 5.50. The third kappa shape index (κ3) is 2.92. The Morgan fingerprint density at radius 3 is 2.88 bits per heavy atom. The van der Waals surface area contributed by atoms with Crippen molar-refractivity contribution in [3.05, 3.63) is 35.2 Å². The van der Waals surface area contributed by atoms with Crippen LogP contribution >= 0.6 is 0 Å². The monoisotopic (exact) mass is 216 g/mol. The minimum atomic E-state index is 0.606. The van der Waals surface area contributed by atoms with Gasteiger partial charge in [-0.15, -0.1) is 0 Å². The van der Waals surface area contributed by atoms with E-state index in [0.717, 1.165) is 13.1 Å². The Hall–Kier alpha value is -1.15. The van der Waals surface area contributed by atoms with Gasteiger partial charge in [0.25, 0.3) is 0 Å². The fraction of sp³-hybridized carbons (Fsp3) is 0.500. The molecule has 16 heavy (non-hydrogen) atoms. The van der Waals surface area contributed by atoms with Gasteiger partial charge in [0.2, 0.25) is 0 Å². The summed E-state index contributed by atoms with van der Waals surface area (Å²) in [5.41, 5.74) is 3.75. The number of hydrogen-bond donors (Lipinski definition) is 1. The maximum absolute atomic E-state index is 4.57. The molecule has 1 aliphatic heterocycles. The lowest BCUT2D eigenvalue weighted by Gasteiger charge is -2.22. The standard InChI is InChI=1S/C14H20N2/c1-11(2)8-12-5-6-14(16-9-12)13-4-3-7-15-10-13/h5-6,8-9,13,15H,3-4,7,10H2,1-2H3. The Kier molecular flexibility index (Phi) is 3.73. The molecule has 0 amide bonds. The Labute approximate surface area is 97.8 Å². The van der Waals surface area contributed by atoms with Crippen molar-refractivity contribution in [2.45, 2.75) is 32.6 Å². The number of nitrogens with zero attached hydrogens (tertiary/aromatic N) is 1. The molecule has 2 heteroatoms. The normalized spacial score (nSPS) is 20.5. The topological polar surface area (TPSA) is 24.9 Å². The summed E-state index contributed by atoms with van der Waals surface area (Å²) in [6, 6.07) is 4.34. The summed E-state index contributed by atoms with van der Waals surface area (Å²) in [7, 11) is 0. The van der Waals surface area contributed by atoms with Crippen LogP contribution in [0.25, 0.3) is 6.08 Å². The molecule has 1 aromatic rings. The van der Waals surface area contributed by atoms with Crippen LogP contribution in [0, 0.1) is 0 Å². The Morgan fingerprint density at radius 1 is 1.44 bits per heavy atom. The second-order valence-electron chi connectivity index (χ2n) is 4.78. The lowest BCUT2D eigenvalue weighted by molar-refractivity contribution is 0.454. The summed E-state index contributed by atoms with van der Waals surface area (Å²) in [5.74, 6) is 0.606. The van der Waals surface area contributed by atoms with Gasteiger partial charge in [0.15, 0.2) is 0 Å². The van der Waals surface area contributed by atoms with E-state index in [0.29, 0.717) is 5.92 Å². The van der Waals surface area contributed by atoms with E-state index < -0.39 is 0 Å². The van der Waals surface area contributed by atoms with Crippen LogP contribution in [-0.2, 0) is 0 Å². The number of hydrogen-bond acceptors (Lipinski definition) is 2. The number of nitrogens with one attached hydrogen (secondary N) is 1. The first kappa shape index (κ1) is 11.3. The molecule has 0 aromatic carbocycles. The lowest BCUT2D eigenvalue weighted by Crippen LogP contribution is -2.28. The van der Waals surface area contributed by atoms with Crippen molar-refractivity contribution in [3.8, 4) is 0 Å². The van der Waals surface area contributed by atoms with Gasteiger partial charge in [-0.1, -0.05) is 17.7 Å². The third-order valence-electron chi connectivity index (χ3n) is 2.98. The van der Waals surface area contributed by atoms with E-state index in [4.69, 9.17) is 0 Å². The highest BCUT2D eigenvalue weighted by atomic mass is 14.9. The molecule has 1 aromatic heterocycles. The van der Waals surface area contributed by atoms with Gasteiger partial charge in [-0.05, 0) is 44.9 Å². The Bertz CT molecular complexity index is 355. The summed E-state index contributed by atoms with van der Waals surface area (Å²) in [6.07, 6.45) is 6.68. The van der Waals surface area contributed by atoms with Crippen LogP contribution < -0.4 is 5.32 Å². The molecule has 0 radical (unpaired) electrons. The van der Waals surface area contributed by atoms with E-state index in [1.54, 1.807) is 0 Å². The van der Waals surface area contributed by atoms with Gasteiger partial charge in [0, 0.05) is 24.4 Å². The largest absolute Gasteiger partial charge is 0.316 e. The summed E-state index contributed by atoms with van der Waals surface area (Å²) < 4.78 is 0. The molecule has 1 fully saturated rings. The van der Waals surface area contributed by atoms with E-state index in [2.05, 4.69) is 42.4 Å². The van der Waals surface area contributed by atoms with Gasteiger partial charge in [-0.3, -0.25) is 4.98 Å². The predicted octanol–water partition coefficient (Wildman–Crippen LogP) is 2.97. The third-order valence-corrected chi connectivity index (χ3v) is 2.98. The second kappa shape index (κ2) is 5.26. The Morgan fingerprint density at radius 2 is 2.31 bits per heavy atom. The lowest BCUT2D eigenvalue weighted by atomic mass is 9.95. The van der Waals surface area contributed by atoms with Gasteiger partial charge in [0.1, 0.15) is 0 Å². The molecule has 0 saturated carbocycles. The zero-order chi connectivity index (χ0) is 11.4. The summed E-state index contributed by atoms with van der Waals surface area (Å²) in [6.45, 7) is 6.46. The second-order valence-corrected chi connectivity index (χ2v) is 4.78. The van der Waals surface area contributed by atoms with Crippen LogP contribution in [0.1, 0.15) is 43.9 Å². The van der Waals surface area contributed by atoms with Gasteiger partial charge in [-0.25, -0.2) is 0 Å². The molecule has 1 saturated heterocycles. The smallest absolute Gasteiger partial charge is 0.0447 e. The maximum Gasteiger partial charge on any atom is 0.0447 e. The molecule has 1 unspecified atom stereocenters. The molecule has 1 atom stereocenters. The quantitative estimate of drug-likeness (QED) is 0.822. The highest BCUT2D eigenvalue weighted by Crippen LogP contribution is 2.21. The predicted molar refractivity (Wildman–Crippen MR) is 68.4 cm³/mol. The van der Waals surface area contributed by atoms with E-state index >= 15 is 0 Å². The van der Waals surface area contributed by atoms with Crippen molar-refractivity contribution in [2.24, 2.45) is 0 Å². The van der Waals surface area contributed by atoms with Crippen molar-refractivity contribution in [3.63, 3.8) is 0 Å². The summed E-state index contributed by atoms with van der Waals surface area (Å²) >= 11 is 0. The summed E-state index contributed by atoms with van der Waals surface area (Å²) in [4.78, 5) is 4.57. The number of pyridine rings is 1. The molecular formula is C14H20N2. The zero-order valence-electron chi connectivity index (χ0n) is 10.2. The molecule has 2 heterocycles. The number of piperidine rings is 1. The van der Waals surface area contributed by atoms with Crippen molar-refractivity contribution in [1.82, 2.24) is 10.3 Å². The van der Waals surface area contributed by atoms with Crippen LogP contribution in [0.15, 0.2) is 23.9 Å². The van der Waals surface area contributed by atoms with Crippen LogP contribution in [0.4, 0.5) is 0 Å². The minimum Gasteiger partial charge on any atom is -0.316 e. The molecule has 1 N–H and O–H groups in total. The zero-order valence-corrected chi connectivity index (χ0v) is 10.2. The molecule has 2 nitrogen and oxygen atoms in total. The van der Waals surface area contributed by atoms with Crippen molar-refractivity contribution < 1.29 is 0 Å². The average molecular weight is 216 g/mol. The molecule has 0 spiro atoms. The molecule has 86 valence electrons. The molecule has 1 aliphatic rings. The van der Waals surface area contributed by atoms with Crippen molar-refractivity contribution in [1.29, 1.82) is 0 Å². The van der Waals surface area contributed by atoms with Crippen molar-refractivity contribution in [2.75, 3.05) is 13.1 Å². The van der Waals surface area contributed by atoms with Gasteiger partial charge < -0.3 is 5.32 Å². The van der Waals surface area contributed by atoms with E-state index in [9.17, 15) is 0 Å². The maximum atomic E-state index is 4.57. The van der Waals surface area contributed by atoms with Crippen LogP contribution in [0.2, 0.25) is 0 Å². The SMILES string of the molecule is CC(C)=Cc1ccc(C2CCCNC2)nc1. The number of rotatable bonds is 2. The minimum absolute atomic E-state index is 0.606. The fourth-order valence-electron chi connectivity index (χ4n) is 2.18. The van der Waals surface area contributed by atoms with Crippen LogP contribution in [0.5, 0.6) is 0 Å². The summed E-state index contributed by atoms with van der Waals surface area (Å²) in [5, 5.41) is 3.43. The first-order chi connectivity index (χ1) is 7.75. The number of allylic oxidation sites excluding steroid dienone is 1. The number of aromatic nitrogens is 1. The molecular weight excluding hydrogens is 196 g/mol. The first-order valence-electron chi connectivity index (χ1n) is 6.07. The van der Waals surface area contributed by atoms with E-state index in [1.807, 2.05) is 6.20 Å². The van der Waals surface area contributed by atoms with E-state index in [1.165, 1.54) is 29.7 Å². The van der Waals surface area contributed by atoms with Gasteiger partial charge in [0.05, 0.1) is 0 Å². The Balaban J connectivity index is 2.09.